The van der Waals surface area contributed by atoms with Gasteiger partial charge in [-0.25, -0.2) is 4.79 Å². The number of benzene rings is 1. The number of aromatic carboxylic acids is 1. The van der Waals surface area contributed by atoms with E-state index >= 15 is 0 Å². The molecule has 19 heavy (non-hydrogen) atoms. The summed E-state index contributed by atoms with van der Waals surface area (Å²) in [6.45, 7) is 5.92. The number of thioether (sulfide) groups is 1. The van der Waals surface area contributed by atoms with Gasteiger partial charge in [0.25, 0.3) is 0 Å². The van der Waals surface area contributed by atoms with Crippen LogP contribution in [0.1, 0.15) is 15.9 Å². The molecule has 1 heterocycles. The van der Waals surface area contributed by atoms with Gasteiger partial charge >= 0.3 is 5.97 Å². The lowest BCUT2D eigenvalue weighted by molar-refractivity contribution is 0.0698. The van der Waals surface area contributed by atoms with Crippen molar-refractivity contribution in [3.05, 3.63) is 29.3 Å². The van der Waals surface area contributed by atoms with Crippen LogP contribution in [0.15, 0.2) is 18.2 Å². The third-order valence-corrected chi connectivity index (χ3v) is 4.20. The van der Waals surface area contributed by atoms with Gasteiger partial charge in [-0.1, -0.05) is 11.6 Å². The fourth-order valence-electron chi connectivity index (χ4n) is 2.16. The van der Waals surface area contributed by atoms with E-state index in [-0.39, 0.29) is 0 Å². The summed E-state index contributed by atoms with van der Waals surface area (Å²) in [6, 6.07) is 5.50. The summed E-state index contributed by atoms with van der Waals surface area (Å²) in [5, 5.41) is 12.4. The highest BCUT2D eigenvalue weighted by atomic mass is 32.2. The Morgan fingerprint density at radius 1 is 1.42 bits per heavy atom. The maximum atomic E-state index is 11.2. The van der Waals surface area contributed by atoms with Crippen LogP contribution in [0, 0.1) is 6.92 Å². The van der Waals surface area contributed by atoms with Crippen LogP contribution in [-0.2, 0) is 0 Å². The third-order valence-electron chi connectivity index (χ3n) is 3.25. The van der Waals surface area contributed by atoms with Crippen LogP contribution in [0.3, 0.4) is 0 Å². The molecular weight excluding hydrogens is 260 g/mol. The standard InChI is InChI=1S/C14H20N2O2S/c1-11-2-3-13(12(10-11)14(17)18)15-4-5-16-6-8-19-9-7-16/h2-3,10,15H,4-9H2,1H3,(H,17,18). The van der Waals surface area contributed by atoms with Gasteiger partial charge in [-0.05, 0) is 19.1 Å². The summed E-state index contributed by atoms with van der Waals surface area (Å²) in [6.07, 6.45) is 0. The SMILES string of the molecule is Cc1ccc(NCCN2CCSCC2)c(C(=O)O)c1. The van der Waals surface area contributed by atoms with Crippen molar-refractivity contribution in [2.75, 3.05) is 43.0 Å². The second kappa shape index (κ2) is 6.82. The zero-order valence-corrected chi connectivity index (χ0v) is 12.0. The average Bonchev–Trinajstić information content (AvgIpc) is 2.41. The van der Waals surface area contributed by atoms with E-state index in [0.29, 0.717) is 11.3 Å². The third kappa shape index (κ3) is 4.14. The van der Waals surface area contributed by atoms with Crippen molar-refractivity contribution in [2.24, 2.45) is 0 Å². The molecule has 1 fully saturated rings. The van der Waals surface area contributed by atoms with Crippen LogP contribution in [-0.4, -0.2) is 53.7 Å². The Morgan fingerprint density at radius 3 is 2.84 bits per heavy atom. The van der Waals surface area contributed by atoms with Crippen molar-refractivity contribution in [3.63, 3.8) is 0 Å². The molecule has 1 aromatic rings. The van der Waals surface area contributed by atoms with Gasteiger partial charge in [0, 0.05) is 43.4 Å². The first-order valence-corrected chi connectivity index (χ1v) is 7.70. The molecule has 0 atom stereocenters. The minimum atomic E-state index is -0.874. The van der Waals surface area contributed by atoms with Crippen LogP contribution in [0.25, 0.3) is 0 Å². The molecule has 2 rings (SSSR count). The number of rotatable bonds is 5. The van der Waals surface area contributed by atoms with E-state index in [1.807, 2.05) is 30.8 Å². The molecule has 1 saturated heterocycles. The second-order valence-corrected chi connectivity index (χ2v) is 5.96. The highest BCUT2D eigenvalue weighted by Gasteiger charge is 2.12. The Labute approximate surface area is 118 Å². The molecule has 0 spiro atoms. The van der Waals surface area contributed by atoms with E-state index in [1.54, 1.807) is 6.07 Å². The molecule has 0 radical (unpaired) electrons. The highest BCUT2D eigenvalue weighted by molar-refractivity contribution is 7.99. The number of carboxylic acids is 1. The van der Waals surface area contributed by atoms with E-state index in [4.69, 9.17) is 0 Å². The average molecular weight is 280 g/mol. The largest absolute Gasteiger partial charge is 0.478 e. The van der Waals surface area contributed by atoms with Crippen molar-refractivity contribution >= 4 is 23.4 Å². The molecule has 1 aliphatic heterocycles. The van der Waals surface area contributed by atoms with E-state index in [0.717, 1.165) is 31.7 Å². The monoisotopic (exact) mass is 280 g/mol. The first-order valence-electron chi connectivity index (χ1n) is 6.55. The summed E-state index contributed by atoms with van der Waals surface area (Å²) < 4.78 is 0. The lowest BCUT2D eigenvalue weighted by atomic mass is 10.1. The predicted octanol–water partition coefficient (Wildman–Crippen LogP) is 2.15. The van der Waals surface area contributed by atoms with Crippen LogP contribution in [0.2, 0.25) is 0 Å². The quantitative estimate of drug-likeness (QED) is 0.865. The van der Waals surface area contributed by atoms with E-state index in [9.17, 15) is 9.90 Å². The Kier molecular flexibility index (Phi) is 5.10. The number of nitrogens with zero attached hydrogens (tertiary/aromatic N) is 1. The van der Waals surface area contributed by atoms with E-state index in [2.05, 4.69) is 10.2 Å². The van der Waals surface area contributed by atoms with Gasteiger partial charge in [0.2, 0.25) is 0 Å². The topological polar surface area (TPSA) is 52.6 Å². The van der Waals surface area contributed by atoms with Gasteiger partial charge in [-0.2, -0.15) is 11.8 Å². The first kappa shape index (κ1) is 14.2. The van der Waals surface area contributed by atoms with Gasteiger partial charge in [0.1, 0.15) is 0 Å². The van der Waals surface area contributed by atoms with Crippen LogP contribution >= 0.6 is 11.8 Å². The summed E-state index contributed by atoms with van der Waals surface area (Å²) in [7, 11) is 0. The van der Waals surface area contributed by atoms with Crippen LogP contribution < -0.4 is 5.32 Å². The Balaban J connectivity index is 1.89. The van der Waals surface area contributed by atoms with Crippen molar-refractivity contribution < 1.29 is 9.90 Å². The second-order valence-electron chi connectivity index (χ2n) is 4.73. The number of carboxylic acid groups (broad SMARTS) is 1. The zero-order chi connectivity index (χ0) is 13.7. The van der Waals surface area contributed by atoms with Gasteiger partial charge in [-0.3, -0.25) is 4.90 Å². The summed E-state index contributed by atoms with van der Waals surface area (Å²) in [5.41, 5.74) is 2.04. The van der Waals surface area contributed by atoms with Crippen molar-refractivity contribution in [1.29, 1.82) is 0 Å². The van der Waals surface area contributed by atoms with Crippen molar-refractivity contribution in [3.8, 4) is 0 Å². The molecule has 0 aliphatic carbocycles. The fourth-order valence-corrected chi connectivity index (χ4v) is 3.14. The lowest BCUT2D eigenvalue weighted by Crippen LogP contribution is -2.36. The number of hydrogen-bond donors (Lipinski definition) is 2. The molecular formula is C14H20N2O2S. The molecule has 4 nitrogen and oxygen atoms in total. The van der Waals surface area contributed by atoms with Crippen LogP contribution in [0.5, 0.6) is 0 Å². The molecule has 0 saturated carbocycles. The number of aryl methyl sites for hydroxylation is 1. The molecule has 0 bridgehead atoms. The smallest absolute Gasteiger partial charge is 0.337 e. The highest BCUT2D eigenvalue weighted by Crippen LogP contribution is 2.17. The fraction of sp³-hybridized carbons (Fsp3) is 0.500. The zero-order valence-electron chi connectivity index (χ0n) is 11.2. The Hall–Kier alpha value is -1.20. The van der Waals surface area contributed by atoms with Gasteiger partial charge in [-0.15, -0.1) is 0 Å². The van der Waals surface area contributed by atoms with Crippen LogP contribution in [0.4, 0.5) is 5.69 Å². The minimum Gasteiger partial charge on any atom is -0.478 e. The predicted molar refractivity (Wildman–Crippen MR) is 80.4 cm³/mol. The number of anilines is 1. The minimum absolute atomic E-state index is 0.356. The normalized spacial score (nSPS) is 16.3. The molecule has 0 amide bonds. The van der Waals surface area contributed by atoms with Gasteiger partial charge in [0.05, 0.1) is 5.56 Å². The summed E-state index contributed by atoms with van der Waals surface area (Å²) in [5.74, 6) is 1.52. The van der Waals surface area contributed by atoms with E-state index in [1.165, 1.54) is 11.5 Å². The maximum Gasteiger partial charge on any atom is 0.337 e. The Morgan fingerprint density at radius 2 is 2.16 bits per heavy atom. The maximum absolute atomic E-state index is 11.2. The van der Waals surface area contributed by atoms with Gasteiger partial charge < -0.3 is 10.4 Å². The summed E-state index contributed by atoms with van der Waals surface area (Å²) >= 11 is 2.00. The van der Waals surface area contributed by atoms with E-state index < -0.39 is 5.97 Å². The number of nitrogens with one attached hydrogen (secondary N) is 1. The molecule has 0 unspecified atom stereocenters. The lowest BCUT2D eigenvalue weighted by Gasteiger charge is -2.26. The summed E-state index contributed by atoms with van der Waals surface area (Å²) in [4.78, 5) is 13.6. The molecule has 1 aromatic carbocycles. The molecule has 5 heteroatoms. The molecule has 1 aliphatic rings. The first-order chi connectivity index (χ1) is 9.16. The molecule has 104 valence electrons. The number of hydrogen-bond acceptors (Lipinski definition) is 4. The Bertz CT molecular complexity index is 445. The van der Waals surface area contributed by atoms with Crippen molar-refractivity contribution in [2.45, 2.75) is 6.92 Å². The van der Waals surface area contributed by atoms with Gasteiger partial charge in [0.15, 0.2) is 0 Å². The number of carbonyl (C=O) groups is 1. The molecule has 0 aromatic heterocycles. The molecule has 2 N–H and O–H groups in total. The van der Waals surface area contributed by atoms with Crippen molar-refractivity contribution in [1.82, 2.24) is 4.90 Å².